The van der Waals surface area contributed by atoms with E-state index in [0.717, 1.165) is 67.8 Å². The number of carboxylic acids is 1. The number of carbonyl (C=O) groups excluding carboxylic acids is 1. The number of carboxylic acid groups (broad SMARTS) is 1. The highest BCUT2D eigenvalue weighted by Gasteiger charge is 2.48. The predicted octanol–water partition coefficient (Wildman–Crippen LogP) is 10.1. The Kier molecular flexibility index (Phi) is 24.8. The van der Waals surface area contributed by atoms with Crippen LogP contribution in [0.5, 0.6) is 0 Å². The van der Waals surface area contributed by atoms with E-state index in [9.17, 15) is 66.6 Å². The molecule has 6 aromatic carbocycles. The van der Waals surface area contributed by atoms with Crippen LogP contribution in [0.3, 0.4) is 0 Å². The number of anilines is 2. The zero-order valence-electron chi connectivity index (χ0n) is 58.7. The lowest BCUT2D eigenvalue weighted by Crippen LogP contribution is -2.29. The molecule has 10 rings (SSSR count). The Hall–Kier alpha value is -8.44. The minimum Gasteiger partial charge on any atom is -0.748 e. The molecule has 4 aliphatic rings. The van der Waals surface area contributed by atoms with Crippen molar-refractivity contribution >= 4 is 129 Å². The van der Waals surface area contributed by atoms with Gasteiger partial charge in [0.05, 0.1) is 30.7 Å². The van der Waals surface area contributed by atoms with Crippen molar-refractivity contribution in [3.05, 3.63) is 173 Å². The zero-order chi connectivity index (χ0) is 77.0. The molecule has 0 bridgehead atoms. The van der Waals surface area contributed by atoms with Gasteiger partial charge in [0.25, 0.3) is 20.2 Å². The summed E-state index contributed by atoms with van der Waals surface area (Å²) in [6.45, 7) is 20.5. The van der Waals surface area contributed by atoms with Crippen LogP contribution in [0.4, 0.5) is 22.7 Å². The van der Waals surface area contributed by atoms with Crippen LogP contribution >= 0.6 is 0 Å². The fourth-order valence-corrected chi connectivity index (χ4v) is 17.3. The van der Waals surface area contributed by atoms with Crippen molar-refractivity contribution in [1.82, 2.24) is 5.32 Å². The summed E-state index contributed by atoms with van der Waals surface area (Å²) >= 11 is 0. The molecule has 0 spiro atoms. The van der Waals surface area contributed by atoms with Crippen molar-refractivity contribution in [2.45, 2.75) is 163 Å². The number of carbonyl (C=O) groups is 2. The maximum atomic E-state index is 13.7. The summed E-state index contributed by atoms with van der Waals surface area (Å²) in [5.74, 6) is -1.58. The molecular formula is C72H83N5O21S6. The maximum Gasteiger partial charge on any atom is 0.425 e. The van der Waals surface area contributed by atoms with Gasteiger partial charge < -0.3 is 29.3 Å². The number of nitrogens with zero attached hydrogens (tertiary/aromatic N) is 4. The van der Waals surface area contributed by atoms with Gasteiger partial charge in [-0.3, -0.25) is 18.7 Å². The normalized spacial score (nSPS) is 17.1. The Bertz CT molecular complexity index is 5350. The summed E-state index contributed by atoms with van der Waals surface area (Å²) in [5, 5.41) is 14.5. The molecule has 0 saturated heterocycles. The molecule has 1 amide bonds. The van der Waals surface area contributed by atoms with E-state index in [1.807, 2.05) is 106 Å². The van der Waals surface area contributed by atoms with E-state index in [1.165, 1.54) is 24.3 Å². The van der Waals surface area contributed by atoms with Crippen LogP contribution in [0, 0.1) is 0 Å². The van der Waals surface area contributed by atoms with E-state index < -0.39 is 95.1 Å². The van der Waals surface area contributed by atoms with Gasteiger partial charge in [0.2, 0.25) is 17.3 Å². The van der Waals surface area contributed by atoms with Crippen LogP contribution < -0.4 is 15.1 Å². The van der Waals surface area contributed by atoms with Gasteiger partial charge in [-0.1, -0.05) is 82.3 Å². The number of nitrogens with one attached hydrogen (secondary N) is 1. The molecule has 4 heterocycles. The van der Waals surface area contributed by atoms with Crippen LogP contribution in [-0.2, 0) is 99.5 Å². The van der Waals surface area contributed by atoms with Gasteiger partial charge in [0, 0.05) is 125 Å². The number of fused-ring (bicyclic) bond motifs is 8. The smallest absolute Gasteiger partial charge is 0.425 e. The molecule has 6 aromatic rings. The van der Waals surface area contributed by atoms with Gasteiger partial charge in [0.1, 0.15) is 28.1 Å². The molecule has 0 saturated carbocycles. The highest BCUT2D eigenvalue weighted by atomic mass is 32.2. The maximum absolute atomic E-state index is 13.7. The van der Waals surface area contributed by atoms with Crippen LogP contribution in [0.15, 0.2) is 160 Å². The second-order valence-electron chi connectivity index (χ2n) is 27.7. The van der Waals surface area contributed by atoms with Gasteiger partial charge in [-0.2, -0.15) is 26.0 Å². The summed E-state index contributed by atoms with van der Waals surface area (Å²) in [6, 6.07) is 27.2. The lowest BCUT2D eigenvalue weighted by Gasteiger charge is -2.27. The van der Waals surface area contributed by atoms with Gasteiger partial charge in [-0.15, -0.1) is 25.3 Å². The summed E-state index contributed by atoms with van der Waals surface area (Å²) in [4.78, 5) is 28.4. The number of unbranched alkanes of at least 4 members (excludes halogenated alkanes) is 4. The van der Waals surface area contributed by atoms with Gasteiger partial charge in [-0.25, -0.2) is 16.8 Å². The summed E-state index contributed by atoms with van der Waals surface area (Å²) in [5.41, 5.74) is 8.42. The third kappa shape index (κ3) is 17.9. The van der Waals surface area contributed by atoms with Crippen molar-refractivity contribution in [1.29, 1.82) is 0 Å². The first-order valence-corrected chi connectivity index (χ1v) is 41.1. The number of likely N-dealkylation sites (N-methyl/N-ethyl adjacent to an activating group) is 1. The first-order valence-electron chi connectivity index (χ1n) is 33.3. The third-order valence-electron chi connectivity index (χ3n) is 19.5. The van der Waals surface area contributed by atoms with Crippen LogP contribution in [-0.4, -0.2) is 147 Å². The minimum absolute atomic E-state index is 0.0374. The second-order valence-corrected chi connectivity index (χ2v) is 34.2. The van der Waals surface area contributed by atoms with E-state index in [0.29, 0.717) is 85.3 Å². The number of benzene rings is 6. The van der Waals surface area contributed by atoms with E-state index in [1.54, 1.807) is 30.3 Å². The Morgan fingerprint density at radius 2 is 1.06 bits per heavy atom. The van der Waals surface area contributed by atoms with Crippen LogP contribution in [0.25, 0.3) is 21.5 Å². The number of hydrogen-bond acceptors (Lipinski definition) is 20. The van der Waals surface area contributed by atoms with Crippen molar-refractivity contribution in [3.63, 3.8) is 0 Å². The summed E-state index contributed by atoms with van der Waals surface area (Å²) < 4.78 is 198. The molecule has 4 N–H and O–H groups in total. The molecule has 4 aliphatic heterocycles. The topological polar surface area (TPSA) is 404 Å². The first-order chi connectivity index (χ1) is 48.4. The molecular weight excluding hydrogens is 1460 g/mol. The molecule has 0 atom stereocenters. The third-order valence-corrected chi connectivity index (χ3v) is 23.0. The minimum atomic E-state index is -4.75. The SMILES string of the molecule is CCN1C(=CC=CC2=[N+](CCCCCC(=O)NCc3ccc4c(c3)C(C)(C)C(=CC=CC3=[N+](CCCCCC(=O)O)c5ccc(S(=O)(=O)O)cc5C3(C)C)N4CCCS(=O)(=O)[O-])c3ccc4c(S(=O)(=O)O)cccc4c3C2(C)C)C(C)(C)c2c1ccc1c(S(=O)(=O)[O-])cccc21.O=S(=O)=O.O=S(=O)=O. The molecule has 0 unspecified atom stereocenters. The number of amides is 1. The van der Waals surface area contributed by atoms with Gasteiger partial charge in [-0.05, 0) is 154 Å². The average Bonchev–Trinajstić information content (AvgIpc) is 1.68. The van der Waals surface area contributed by atoms with Crippen molar-refractivity contribution in [2.75, 3.05) is 41.7 Å². The fraction of sp³-hybridized carbons (Fsp3) is 0.389. The van der Waals surface area contributed by atoms with Crippen molar-refractivity contribution in [3.8, 4) is 0 Å². The van der Waals surface area contributed by atoms with E-state index in [-0.39, 0.29) is 52.9 Å². The molecule has 104 heavy (non-hydrogen) atoms. The average molecular weight is 1550 g/mol. The Labute approximate surface area is 609 Å². The van der Waals surface area contributed by atoms with Crippen LogP contribution in [0.2, 0.25) is 0 Å². The predicted molar refractivity (Wildman–Crippen MR) is 390 cm³/mol. The standard InChI is InChI=1S/C72H83N5O15S4.2O3S/c1-10-74-57-38-34-49-51(22-17-24-59(49)95(87,88)89)67(57)71(6,7)63(74)28-20-29-64-72(8,9)68-52-23-18-25-60(96(90,91)92)50(52)35-39-58(68)77(64)41-15-11-13-30-65(78)73-46-47-32-36-55-53(44-47)69(2,3)61(76(55)42-21-43-93(81,82)83)26-19-27-62-70(4,5)54-45-48(94(84,85)86)33-37-56(54)75(62)40-16-12-14-31-66(79)80;2*1-4(2)3/h17-20,22-29,32-39,44-45H,10-16,21,30-31,40-43,46H2,1-9H3,(H4-2,73,78,79,80,81,82,83,84,85,86,87,88,89,90,91,92);;. The molecule has 0 aromatic heterocycles. The monoisotopic (exact) mass is 1550 g/mol. The van der Waals surface area contributed by atoms with Gasteiger partial charge in [0.15, 0.2) is 11.4 Å². The quantitative estimate of drug-likeness (QED) is 0.0223. The lowest BCUT2D eigenvalue weighted by molar-refractivity contribution is -0.438. The lowest BCUT2D eigenvalue weighted by atomic mass is 9.79. The Balaban J connectivity index is 0.00000163. The zero-order valence-corrected chi connectivity index (χ0v) is 63.6. The van der Waals surface area contributed by atoms with E-state index >= 15 is 0 Å². The number of rotatable bonds is 26. The highest BCUT2D eigenvalue weighted by Crippen LogP contribution is 2.53. The molecule has 0 radical (unpaired) electrons. The van der Waals surface area contributed by atoms with Crippen LogP contribution in [0.1, 0.15) is 148 Å². The fourth-order valence-electron chi connectivity index (χ4n) is 14.9. The Morgan fingerprint density at radius 1 is 0.538 bits per heavy atom. The number of allylic oxidation sites excluding steroid dienone is 8. The van der Waals surface area contributed by atoms with E-state index in [4.69, 9.17) is 25.3 Å². The summed E-state index contributed by atoms with van der Waals surface area (Å²) in [6.07, 6.45) is 16.0. The van der Waals surface area contributed by atoms with Gasteiger partial charge >= 0.3 is 27.2 Å². The first kappa shape index (κ1) is 81.2. The number of hydrogen-bond donors (Lipinski definition) is 4. The highest BCUT2D eigenvalue weighted by molar-refractivity contribution is 7.86. The summed E-state index contributed by atoms with van der Waals surface area (Å²) in [7, 11) is -24.6. The number of aliphatic carboxylic acids is 1. The van der Waals surface area contributed by atoms with E-state index in [2.05, 4.69) is 59.2 Å². The molecule has 0 fully saturated rings. The largest absolute Gasteiger partial charge is 0.748 e. The molecule has 558 valence electrons. The molecule has 26 nitrogen and oxygen atoms in total. The second kappa shape index (κ2) is 31.7. The van der Waals surface area contributed by atoms with Crippen molar-refractivity contribution < 1.29 is 101 Å². The molecule has 32 heteroatoms. The Morgan fingerprint density at radius 3 is 1.62 bits per heavy atom. The van der Waals surface area contributed by atoms with Crippen molar-refractivity contribution in [2.24, 2.45) is 0 Å². The molecule has 0 aliphatic carbocycles.